The molecule has 0 radical (unpaired) electrons. The molecule has 63 heavy (non-hydrogen) atoms. The molecule has 4 aliphatic rings. The van der Waals surface area contributed by atoms with Gasteiger partial charge in [-0.15, -0.1) is 13.2 Å². The molecule has 0 unspecified atom stereocenters. The molecule has 5 heterocycles. The van der Waals surface area contributed by atoms with Crippen molar-refractivity contribution < 1.29 is 46.6 Å². The Bertz CT molecular complexity index is 2090. The largest absolute Gasteiger partial charge is 0.573 e. The lowest BCUT2D eigenvalue weighted by Crippen LogP contribution is -2.56. The molecule has 0 bridgehead atoms. The van der Waals surface area contributed by atoms with Crippen LogP contribution in [0.15, 0.2) is 48.7 Å². The van der Waals surface area contributed by atoms with Crippen LogP contribution in [0.3, 0.4) is 0 Å². The minimum absolute atomic E-state index is 0.106. The number of halogens is 3. The number of carbonyl (C=O) groups is 4. The Morgan fingerprint density at radius 1 is 0.889 bits per heavy atom. The van der Waals surface area contributed by atoms with Crippen LogP contribution in [0, 0.1) is 17.3 Å². The number of amides is 5. The number of methoxy groups -OCH3 is 1. The summed E-state index contributed by atoms with van der Waals surface area (Å²) in [6.07, 6.45) is -0.570. The summed E-state index contributed by atoms with van der Waals surface area (Å²) in [5.41, 5.74) is 1.76. The van der Waals surface area contributed by atoms with E-state index in [-0.39, 0.29) is 47.0 Å². The van der Waals surface area contributed by atoms with E-state index in [1.54, 1.807) is 46.3 Å². The lowest BCUT2D eigenvalue weighted by molar-refractivity contribution is -0.274. The maximum atomic E-state index is 14.1. The Morgan fingerprint density at radius 3 is 2.19 bits per heavy atom. The van der Waals surface area contributed by atoms with Crippen molar-refractivity contribution in [1.29, 1.82) is 0 Å². The van der Waals surface area contributed by atoms with Gasteiger partial charge < -0.3 is 44.5 Å². The predicted octanol–water partition coefficient (Wildman–Crippen LogP) is 6.89. The number of imidazole rings is 1. The van der Waals surface area contributed by atoms with Gasteiger partial charge in [-0.1, -0.05) is 52.0 Å². The number of aromatic amines is 1. The number of nitrogens with zero attached hydrogens (tertiary/aromatic N) is 5. The molecule has 4 saturated heterocycles. The third-order valence-electron chi connectivity index (χ3n) is 12.6. The SMILES string of the molecule is COC(=O)N[C@H](C(=O)N1C[C@@H](C)C[C@H]1c1ncc(-c2ccc(-c3ccc(NC(=O)N4CCC(N5CCN(C(=O)C(C)(C)C)CC5)CC4)cc3OC(F)(F)F)cc2)[nH]1)C1CCOCC1. The molecule has 1 aromatic heterocycles. The topological polar surface area (TPSA) is 162 Å². The van der Waals surface area contributed by atoms with Crippen molar-refractivity contribution in [2.24, 2.45) is 17.3 Å². The highest BCUT2D eigenvalue weighted by molar-refractivity contribution is 5.91. The maximum absolute atomic E-state index is 14.1. The number of aromatic nitrogens is 2. The van der Waals surface area contributed by atoms with Crippen LogP contribution in [0.4, 0.5) is 28.4 Å². The van der Waals surface area contributed by atoms with Crippen molar-refractivity contribution in [2.75, 3.05) is 71.5 Å². The summed E-state index contributed by atoms with van der Waals surface area (Å²) in [4.78, 5) is 68.2. The van der Waals surface area contributed by atoms with Crippen molar-refractivity contribution in [2.45, 2.75) is 84.3 Å². The number of H-pyrrole nitrogens is 1. The highest BCUT2D eigenvalue weighted by atomic mass is 19.4. The van der Waals surface area contributed by atoms with Crippen molar-refractivity contribution >= 4 is 29.6 Å². The highest BCUT2D eigenvalue weighted by Gasteiger charge is 2.42. The number of nitrogens with one attached hydrogen (secondary N) is 3. The van der Waals surface area contributed by atoms with Gasteiger partial charge in [0.1, 0.15) is 17.6 Å². The third kappa shape index (κ3) is 11.1. The number of likely N-dealkylation sites (tertiary alicyclic amines) is 2. The molecule has 3 atom stereocenters. The van der Waals surface area contributed by atoms with Crippen LogP contribution < -0.4 is 15.4 Å². The molecule has 4 fully saturated rings. The van der Waals surface area contributed by atoms with Crippen LogP contribution in [-0.4, -0.2) is 138 Å². The zero-order valence-electron chi connectivity index (χ0n) is 36.6. The number of alkyl carbamates (subject to hydrolysis) is 1. The smallest absolute Gasteiger partial charge is 0.453 e. The molecule has 7 rings (SSSR count). The van der Waals surface area contributed by atoms with Crippen LogP contribution in [0.1, 0.15) is 71.7 Å². The Balaban J connectivity index is 0.991. The molecule has 342 valence electrons. The highest BCUT2D eigenvalue weighted by Crippen LogP contribution is 2.39. The fourth-order valence-electron chi connectivity index (χ4n) is 9.27. The molecule has 0 spiro atoms. The minimum atomic E-state index is -4.98. The molecule has 5 amide bonds. The molecule has 4 aliphatic heterocycles. The monoisotopic (exact) mass is 880 g/mol. The van der Waals surface area contributed by atoms with Crippen LogP contribution in [0.5, 0.6) is 5.75 Å². The van der Waals surface area contributed by atoms with E-state index in [0.29, 0.717) is 82.3 Å². The van der Waals surface area contributed by atoms with E-state index < -0.39 is 35.7 Å². The number of anilines is 1. The molecular formula is C45H59F3N8O7. The number of hydrogen-bond donors (Lipinski definition) is 3. The average Bonchev–Trinajstić information content (AvgIpc) is 3.92. The van der Waals surface area contributed by atoms with Gasteiger partial charge in [-0.25, -0.2) is 14.6 Å². The first-order chi connectivity index (χ1) is 30.0. The van der Waals surface area contributed by atoms with Crippen molar-refractivity contribution in [3.63, 3.8) is 0 Å². The third-order valence-corrected chi connectivity index (χ3v) is 12.6. The van der Waals surface area contributed by atoms with Crippen LogP contribution in [0.25, 0.3) is 22.4 Å². The van der Waals surface area contributed by atoms with Crippen LogP contribution in [0.2, 0.25) is 0 Å². The van der Waals surface area contributed by atoms with E-state index in [0.717, 1.165) is 31.5 Å². The van der Waals surface area contributed by atoms with E-state index in [1.807, 2.05) is 25.7 Å². The fourth-order valence-corrected chi connectivity index (χ4v) is 9.27. The Hall–Kier alpha value is -5.36. The lowest BCUT2D eigenvalue weighted by atomic mass is 9.90. The lowest BCUT2D eigenvalue weighted by Gasteiger charge is -2.43. The first kappa shape index (κ1) is 45.7. The zero-order valence-corrected chi connectivity index (χ0v) is 36.6. The summed E-state index contributed by atoms with van der Waals surface area (Å²) in [5.74, 6) is 0.143. The van der Waals surface area contributed by atoms with Gasteiger partial charge in [0.05, 0.1) is 25.0 Å². The standard InChI is InChI=1S/C45H59F3N8O7/c1-28-24-36(56(27-28)40(57)38(52-43(60)61-5)31-14-22-62-23-15-31)39-49-26-35(51-39)30-8-6-29(7-9-30)34-11-10-32(25-37(34)63-45(46,47)48)50-42(59)55-16-12-33(13-17-55)53-18-20-54(21-19-53)41(58)44(2,3)4/h6-11,25-26,28,31,33,36,38H,12-24,27H2,1-5H3,(H,49,51)(H,50,59)(H,52,60)/t28-,36-,38-/m0/s1. The molecule has 15 nitrogen and oxygen atoms in total. The quantitative estimate of drug-likeness (QED) is 0.208. The van der Waals surface area contributed by atoms with Gasteiger partial charge >= 0.3 is 18.5 Å². The molecule has 0 saturated carbocycles. The number of hydrogen-bond acceptors (Lipinski definition) is 9. The molecule has 3 N–H and O–H groups in total. The van der Waals surface area contributed by atoms with E-state index in [1.165, 1.54) is 19.2 Å². The second-order valence-electron chi connectivity index (χ2n) is 18.2. The Morgan fingerprint density at radius 2 is 1.56 bits per heavy atom. The van der Waals surface area contributed by atoms with Crippen LogP contribution in [-0.2, 0) is 19.1 Å². The molecule has 3 aromatic rings. The van der Waals surface area contributed by atoms with Gasteiger partial charge in [-0.05, 0) is 67.2 Å². The van der Waals surface area contributed by atoms with Gasteiger partial charge in [-0.2, -0.15) is 0 Å². The van der Waals surface area contributed by atoms with Crippen molar-refractivity contribution in [3.8, 4) is 28.1 Å². The molecule has 18 heteroatoms. The normalized spacial score (nSPS) is 21.2. The second kappa shape index (κ2) is 19.2. The first-order valence-corrected chi connectivity index (χ1v) is 21.8. The number of rotatable bonds is 9. The fraction of sp³-hybridized carbons (Fsp3) is 0.578. The van der Waals surface area contributed by atoms with Gasteiger partial charge in [0.15, 0.2) is 0 Å². The van der Waals surface area contributed by atoms with E-state index in [9.17, 15) is 32.3 Å². The number of piperidine rings is 1. The summed E-state index contributed by atoms with van der Waals surface area (Å²) < 4.78 is 56.1. The average molecular weight is 881 g/mol. The molecule has 0 aliphatic carbocycles. The van der Waals surface area contributed by atoms with E-state index in [4.69, 9.17) is 9.47 Å². The second-order valence-corrected chi connectivity index (χ2v) is 18.2. The first-order valence-electron chi connectivity index (χ1n) is 21.8. The Labute approximate surface area is 366 Å². The zero-order chi connectivity index (χ0) is 45.1. The number of alkyl halides is 3. The van der Waals surface area contributed by atoms with Gasteiger partial charge in [0.25, 0.3) is 0 Å². The summed E-state index contributed by atoms with van der Waals surface area (Å²) in [6.45, 7) is 13.2. The van der Waals surface area contributed by atoms with Gasteiger partial charge in [-0.3, -0.25) is 14.5 Å². The number of piperazine rings is 1. The number of benzene rings is 2. The summed E-state index contributed by atoms with van der Waals surface area (Å²) in [7, 11) is 1.26. The molecular weight excluding hydrogens is 822 g/mol. The maximum Gasteiger partial charge on any atom is 0.573 e. The number of carbonyl (C=O) groups excluding carboxylic acids is 4. The van der Waals surface area contributed by atoms with Gasteiger partial charge in [0.2, 0.25) is 11.8 Å². The summed E-state index contributed by atoms with van der Waals surface area (Å²) in [6, 6.07) is 9.86. The molecule has 2 aromatic carbocycles. The Kier molecular flexibility index (Phi) is 13.9. The van der Waals surface area contributed by atoms with Crippen molar-refractivity contribution in [1.82, 2.24) is 34.9 Å². The van der Waals surface area contributed by atoms with Crippen molar-refractivity contribution in [3.05, 3.63) is 54.5 Å². The van der Waals surface area contributed by atoms with E-state index >= 15 is 0 Å². The summed E-state index contributed by atoms with van der Waals surface area (Å²) >= 11 is 0. The van der Waals surface area contributed by atoms with Crippen LogP contribution >= 0.6 is 0 Å². The van der Waals surface area contributed by atoms with Gasteiger partial charge in [0, 0.05) is 87.8 Å². The number of urea groups is 1. The number of ether oxygens (including phenoxy) is 3. The summed E-state index contributed by atoms with van der Waals surface area (Å²) in [5, 5.41) is 5.53. The van der Waals surface area contributed by atoms with E-state index in [2.05, 4.69) is 37.2 Å². The minimum Gasteiger partial charge on any atom is -0.453 e. The predicted molar refractivity (Wildman–Crippen MR) is 228 cm³/mol.